The van der Waals surface area contributed by atoms with Crippen molar-refractivity contribution < 1.29 is 28.4 Å². The normalized spacial score (nSPS) is 13.3. The van der Waals surface area contributed by atoms with Gasteiger partial charge in [-0.05, 0) is 0 Å². The quantitative estimate of drug-likeness (QED) is 0.654. The Morgan fingerprint density at radius 3 is 2.22 bits per heavy atom. The van der Waals surface area contributed by atoms with Gasteiger partial charge in [0.2, 0.25) is 0 Å². The molecule has 0 aromatic heterocycles. The summed E-state index contributed by atoms with van der Waals surface area (Å²) in [5.74, 6) is -0.186. The van der Waals surface area contributed by atoms with Crippen molar-refractivity contribution >= 4 is 5.97 Å². The molecule has 0 amide bonds. The molecule has 0 rings (SSSR count). The molecule has 0 saturated carbocycles. The van der Waals surface area contributed by atoms with Crippen LogP contribution in [0.5, 0.6) is 0 Å². The van der Waals surface area contributed by atoms with Crippen LogP contribution in [-0.2, 0) is 28.4 Å². The van der Waals surface area contributed by atoms with Crippen LogP contribution in [0, 0.1) is 5.92 Å². The van der Waals surface area contributed by atoms with E-state index in [1.54, 1.807) is 0 Å². The van der Waals surface area contributed by atoms with Crippen LogP contribution in [0.15, 0.2) is 0 Å². The van der Waals surface area contributed by atoms with Gasteiger partial charge >= 0.3 is 65.9 Å². The molecule has 0 aliphatic heterocycles. The predicted octanol–water partition coefficient (Wildman–Crippen LogP) is -0.0253. The van der Waals surface area contributed by atoms with Crippen molar-refractivity contribution in [1.29, 1.82) is 0 Å². The van der Waals surface area contributed by atoms with Crippen molar-refractivity contribution in [3.05, 3.63) is 0 Å². The third kappa shape index (κ3) is 2.97. The summed E-state index contributed by atoms with van der Waals surface area (Å²) in [6.07, 6.45) is 0. The Bertz CT molecular complexity index is 105. The van der Waals surface area contributed by atoms with E-state index in [-0.39, 0.29) is 11.9 Å². The van der Waals surface area contributed by atoms with Crippen molar-refractivity contribution in [3.63, 3.8) is 0 Å². The van der Waals surface area contributed by atoms with Gasteiger partial charge in [-0.25, -0.2) is 0 Å². The second-order valence-electron chi connectivity index (χ2n) is 2.17. The first-order valence-corrected chi connectivity index (χ1v) is 3.50. The molecule has 1 atom stereocenters. The Hall–Kier alpha value is 0.118. The molecular weight excluding hydrogens is 202 g/mol. The minimum absolute atomic E-state index is 0.152. The van der Waals surface area contributed by atoms with Crippen LogP contribution in [0.3, 0.4) is 0 Å². The third-order valence-corrected chi connectivity index (χ3v) is 1.48. The third-order valence-electron chi connectivity index (χ3n) is 1.07. The second kappa shape index (κ2) is 4.02. The van der Waals surface area contributed by atoms with Crippen molar-refractivity contribution in [2.24, 2.45) is 11.7 Å². The van der Waals surface area contributed by atoms with Gasteiger partial charge in [-0.2, -0.15) is 0 Å². The zero-order chi connectivity index (χ0) is 7.44. The molecule has 0 spiro atoms. The Labute approximate surface area is 66.3 Å². The zero-order valence-corrected chi connectivity index (χ0v) is 7.46. The molecule has 0 saturated heterocycles. The number of carbonyl (C=O) groups excluding carboxylic acids is 1. The molecule has 0 unspecified atom stereocenters. The number of nitrogens with two attached hydrogens (primary N) is 1. The van der Waals surface area contributed by atoms with Crippen molar-refractivity contribution in [3.8, 4) is 0 Å². The number of carbonyl (C=O) groups is 1. The van der Waals surface area contributed by atoms with Crippen LogP contribution in [-0.4, -0.2) is 12.0 Å². The maximum absolute atomic E-state index is 10.6. The van der Waals surface area contributed by atoms with E-state index in [1.807, 2.05) is 13.8 Å². The van der Waals surface area contributed by atoms with Gasteiger partial charge < -0.3 is 0 Å². The Morgan fingerprint density at radius 1 is 1.67 bits per heavy atom. The molecule has 53 valence electrons. The first-order valence-electron chi connectivity index (χ1n) is 2.68. The van der Waals surface area contributed by atoms with E-state index < -0.39 is 6.04 Å². The molecule has 0 aliphatic rings. The molecular formula is C5H10MoNO2. The molecule has 2 N–H and O–H groups in total. The summed E-state index contributed by atoms with van der Waals surface area (Å²) >= 11 is 1.27. The monoisotopic (exact) mass is 214 g/mol. The number of hydrogen-bond acceptors (Lipinski definition) is 3. The summed E-state index contributed by atoms with van der Waals surface area (Å²) in [6, 6.07) is -0.474. The Kier molecular flexibility index (Phi) is 4.07. The van der Waals surface area contributed by atoms with Crippen LogP contribution in [0.2, 0.25) is 0 Å². The molecule has 0 aromatic carbocycles. The molecule has 3 nitrogen and oxygen atoms in total. The standard InChI is InChI=1S/C5H11NO2.Mo/c1-3(2)4(6)5(7)8;/h3-4H,6H2,1-2H3,(H,7,8);/q;+1/p-1/t4-;/m0./s1. The summed E-state index contributed by atoms with van der Waals surface area (Å²) in [5.41, 5.74) is 5.40. The molecule has 0 aliphatic carbocycles. The average molecular weight is 212 g/mol. The fourth-order valence-corrected chi connectivity index (χ4v) is 0.601. The summed E-state index contributed by atoms with van der Waals surface area (Å²) in [7, 11) is 0. The first kappa shape index (κ1) is 9.12. The van der Waals surface area contributed by atoms with Gasteiger partial charge in [-0.1, -0.05) is 0 Å². The summed E-state index contributed by atoms with van der Waals surface area (Å²) in [6.45, 7) is 3.76. The van der Waals surface area contributed by atoms with Gasteiger partial charge in [0.1, 0.15) is 0 Å². The molecule has 9 heavy (non-hydrogen) atoms. The fraction of sp³-hybridized carbons (Fsp3) is 0.800. The zero-order valence-electron chi connectivity index (χ0n) is 5.46. The molecule has 4 heteroatoms. The van der Waals surface area contributed by atoms with Crippen LogP contribution in [0.1, 0.15) is 13.8 Å². The molecule has 0 radical (unpaired) electrons. The van der Waals surface area contributed by atoms with E-state index in [2.05, 4.69) is 3.39 Å². The van der Waals surface area contributed by atoms with Crippen LogP contribution < -0.4 is 5.73 Å². The second-order valence-corrected chi connectivity index (χ2v) is 2.58. The Balaban J connectivity index is 3.72. The first-order chi connectivity index (χ1) is 4.09. The van der Waals surface area contributed by atoms with Gasteiger partial charge in [-0.15, -0.1) is 0 Å². The molecule has 0 fully saturated rings. The van der Waals surface area contributed by atoms with Crippen LogP contribution in [0.4, 0.5) is 0 Å². The van der Waals surface area contributed by atoms with Crippen LogP contribution in [0.25, 0.3) is 0 Å². The van der Waals surface area contributed by atoms with Gasteiger partial charge in [-0.3, -0.25) is 0 Å². The van der Waals surface area contributed by atoms with Gasteiger partial charge in [0.05, 0.1) is 0 Å². The number of hydrogen-bond donors (Lipinski definition) is 1. The van der Waals surface area contributed by atoms with E-state index in [1.165, 1.54) is 20.2 Å². The summed E-state index contributed by atoms with van der Waals surface area (Å²) < 4.78 is 4.42. The van der Waals surface area contributed by atoms with E-state index in [0.717, 1.165) is 0 Å². The SMILES string of the molecule is CC(C)[C@H](N)C(=O)[O][Mo]. The van der Waals surface area contributed by atoms with Crippen molar-refractivity contribution in [1.82, 2.24) is 0 Å². The van der Waals surface area contributed by atoms with Gasteiger partial charge in [0.15, 0.2) is 0 Å². The van der Waals surface area contributed by atoms with E-state index in [4.69, 9.17) is 5.73 Å². The van der Waals surface area contributed by atoms with E-state index in [0.29, 0.717) is 0 Å². The van der Waals surface area contributed by atoms with Crippen molar-refractivity contribution in [2.75, 3.05) is 0 Å². The molecule has 0 aromatic rings. The van der Waals surface area contributed by atoms with E-state index in [9.17, 15) is 4.79 Å². The fourth-order valence-electron chi connectivity index (χ4n) is 0.328. The molecule has 0 heterocycles. The Morgan fingerprint density at radius 2 is 2.11 bits per heavy atom. The van der Waals surface area contributed by atoms with Gasteiger partial charge in [0, 0.05) is 0 Å². The van der Waals surface area contributed by atoms with E-state index >= 15 is 0 Å². The number of rotatable bonds is 2. The topological polar surface area (TPSA) is 52.3 Å². The molecule has 0 bridgehead atoms. The van der Waals surface area contributed by atoms with Crippen LogP contribution >= 0.6 is 0 Å². The maximum atomic E-state index is 10.6. The predicted molar refractivity (Wildman–Crippen MR) is 28.9 cm³/mol. The average Bonchev–Trinajstić information content (AvgIpc) is 1.84. The summed E-state index contributed by atoms with van der Waals surface area (Å²) in [5, 5.41) is 0. The van der Waals surface area contributed by atoms with Gasteiger partial charge in [0.25, 0.3) is 0 Å². The van der Waals surface area contributed by atoms with Crippen molar-refractivity contribution in [2.45, 2.75) is 19.9 Å². The summed E-state index contributed by atoms with van der Waals surface area (Å²) in [4.78, 5) is 10.6. The minimum atomic E-state index is -0.474.